The van der Waals surface area contributed by atoms with Gasteiger partial charge in [-0.3, -0.25) is 0 Å². The lowest BCUT2D eigenvalue weighted by Crippen LogP contribution is -2.32. The molecular formula is C19H18ClN5OS. The van der Waals surface area contributed by atoms with Crippen molar-refractivity contribution in [3.05, 3.63) is 53.0 Å². The Labute approximate surface area is 166 Å². The van der Waals surface area contributed by atoms with E-state index < -0.39 is 0 Å². The van der Waals surface area contributed by atoms with Gasteiger partial charge in [0.05, 0.1) is 10.6 Å². The molecule has 1 saturated heterocycles. The molecule has 27 heavy (non-hydrogen) atoms. The summed E-state index contributed by atoms with van der Waals surface area (Å²) in [5.74, 6) is 0.552. The highest BCUT2D eigenvalue weighted by molar-refractivity contribution is 7.13. The van der Waals surface area contributed by atoms with Crippen molar-refractivity contribution in [3.63, 3.8) is 0 Å². The molecule has 0 atom stereocenters. The van der Waals surface area contributed by atoms with Crippen molar-refractivity contribution in [2.45, 2.75) is 0 Å². The SMILES string of the molecule is O=C1NCCN1CCNc1ncc(-c2ccc(Cl)cc2)c(-c2cccs2)n1. The van der Waals surface area contributed by atoms with Crippen molar-refractivity contribution in [3.8, 4) is 21.7 Å². The predicted octanol–water partition coefficient (Wildman–Crippen LogP) is 3.96. The van der Waals surface area contributed by atoms with Crippen LogP contribution in [0.2, 0.25) is 5.02 Å². The fourth-order valence-corrected chi connectivity index (χ4v) is 3.79. The van der Waals surface area contributed by atoms with E-state index in [1.165, 1.54) is 0 Å². The number of nitrogens with one attached hydrogen (secondary N) is 2. The Kier molecular flexibility index (Phi) is 5.22. The van der Waals surface area contributed by atoms with E-state index in [0.717, 1.165) is 28.2 Å². The molecule has 1 aliphatic heterocycles. The first-order valence-electron chi connectivity index (χ1n) is 8.64. The van der Waals surface area contributed by atoms with Crippen LogP contribution in [0.3, 0.4) is 0 Å². The smallest absolute Gasteiger partial charge is 0.317 e. The number of anilines is 1. The van der Waals surface area contributed by atoms with Gasteiger partial charge in [-0.05, 0) is 29.1 Å². The van der Waals surface area contributed by atoms with Crippen LogP contribution in [-0.2, 0) is 0 Å². The number of hydrogen-bond acceptors (Lipinski definition) is 5. The van der Waals surface area contributed by atoms with Crippen molar-refractivity contribution < 1.29 is 4.79 Å². The molecule has 0 unspecified atom stereocenters. The van der Waals surface area contributed by atoms with Gasteiger partial charge in [0.25, 0.3) is 0 Å². The molecule has 1 fully saturated rings. The normalized spacial score (nSPS) is 13.7. The molecule has 138 valence electrons. The highest BCUT2D eigenvalue weighted by atomic mass is 35.5. The zero-order valence-corrected chi connectivity index (χ0v) is 16.1. The van der Waals surface area contributed by atoms with Crippen LogP contribution in [0.4, 0.5) is 10.7 Å². The number of halogens is 1. The minimum absolute atomic E-state index is 0.0184. The lowest BCUT2D eigenvalue weighted by Gasteiger charge is -2.15. The molecule has 0 radical (unpaired) electrons. The molecule has 0 aliphatic carbocycles. The molecule has 0 bridgehead atoms. The Balaban J connectivity index is 1.56. The summed E-state index contributed by atoms with van der Waals surface area (Å²) >= 11 is 7.65. The molecule has 6 nitrogen and oxygen atoms in total. The molecule has 1 aliphatic rings. The van der Waals surface area contributed by atoms with Crippen LogP contribution >= 0.6 is 22.9 Å². The standard InChI is InChI=1S/C19H18ClN5OS/c20-14-5-3-13(4-6-14)15-12-23-18(24-17(15)16-2-1-11-27-16)21-7-9-25-10-8-22-19(25)26/h1-6,11-12H,7-10H2,(H,22,26)(H,21,23,24). The van der Waals surface area contributed by atoms with Crippen LogP contribution in [0.15, 0.2) is 48.0 Å². The van der Waals surface area contributed by atoms with Gasteiger partial charge in [0.15, 0.2) is 0 Å². The highest BCUT2D eigenvalue weighted by Crippen LogP contribution is 2.33. The third kappa shape index (κ3) is 4.04. The summed E-state index contributed by atoms with van der Waals surface area (Å²) in [5, 5.41) is 8.74. The summed E-state index contributed by atoms with van der Waals surface area (Å²) in [5.41, 5.74) is 2.85. The van der Waals surface area contributed by atoms with E-state index in [1.807, 2.05) is 48.0 Å². The summed E-state index contributed by atoms with van der Waals surface area (Å²) in [6.07, 6.45) is 1.83. The topological polar surface area (TPSA) is 70.2 Å². The van der Waals surface area contributed by atoms with Crippen molar-refractivity contribution >= 4 is 34.9 Å². The van der Waals surface area contributed by atoms with Crippen LogP contribution in [0, 0.1) is 0 Å². The highest BCUT2D eigenvalue weighted by Gasteiger charge is 2.18. The van der Waals surface area contributed by atoms with Crippen LogP contribution in [0.25, 0.3) is 21.7 Å². The molecule has 0 saturated carbocycles. The average molecular weight is 400 g/mol. The number of nitrogens with zero attached hydrogens (tertiary/aromatic N) is 3. The first-order chi connectivity index (χ1) is 13.2. The van der Waals surface area contributed by atoms with E-state index in [4.69, 9.17) is 16.6 Å². The molecule has 3 heterocycles. The first-order valence-corrected chi connectivity index (χ1v) is 9.90. The molecule has 2 aromatic heterocycles. The van der Waals surface area contributed by atoms with E-state index in [1.54, 1.807) is 16.2 Å². The van der Waals surface area contributed by atoms with E-state index in [0.29, 0.717) is 30.6 Å². The average Bonchev–Trinajstić information content (AvgIpc) is 3.35. The third-order valence-corrected chi connectivity index (χ3v) is 5.44. The quantitative estimate of drug-likeness (QED) is 0.658. The number of urea groups is 1. The van der Waals surface area contributed by atoms with Crippen molar-refractivity contribution in [2.75, 3.05) is 31.5 Å². The van der Waals surface area contributed by atoms with Crippen molar-refractivity contribution in [1.29, 1.82) is 0 Å². The van der Waals surface area contributed by atoms with Crippen molar-refractivity contribution in [1.82, 2.24) is 20.2 Å². The largest absolute Gasteiger partial charge is 0.352 e. The monoisotopic (exact) mass is 399 g/mol. The fraction of sp³-hybridized carbons (Fsp3) is 0.211. The predicted molar refractivity (Wildman–Crippen MR) is 109 cm³/mol. The number of aromatic nitrogens is 2. The van der Waals surface area contributed by atoms with E-state index in [-0.39, 0.29) is 6.03 Å². The maximum atomic E-state index is 11.6. The Morgan fingerprint density at radius 1 is 1.26 bits per heavy atom. The first kappa shape index (κ1) is 17.8. The van der Waals surface area contributed by atoms with Gasteiger partial charge in [-0.1, -0.05) is 29.8 Å². The van der Waals surface area contributed by atoms with Gasteiger partial charge in [0.1, 0.15) is 0 Å². The molecular weight excluding hydrogens is 382 g/mol. The van der Waals surface area contributed by atoms with Crippen LogP contribution < -0.4 is 10.6 Å². The Bertz CT molecular complexity index is 930. The van der Waals surface area contributed by atoms with Gasteiger partial charge in [0, 0.05) is 43.0 Å². The number of amides is 2. The maximum absolute atomic E-state index is 11.6. The van der Waals surface area contributed by atoms with Crippen molar-refractivity contribution in [2.24, 2.45) is 0 Å². The number of thiophene rings is 1. The fourth-order valence-electron chi connectivity index (χ4n) is 2.94. The van der Waals surface area contributed by atoms with Crippen LogP contribution in [0.1, 0.15) is 0 Å². The Morgan fingerprint density at radius 2 is 2.11 bits per heavy atom. The van der Waals surface area contributed by atoms with E-state index in [9.17, 15) is 4.79 Å². The molecule has 2 N–H and O–H groups in total. The van der Waals surface area contributed by atoms with E-state index in [2.05, 4.69) is 15.6 Å². The summed E-state index contributed by atoms with van der Waals surface area (Å²) in [6, 6.07) is 11.7. The molecule has 1 aromatic carbocycles. The van der Waals surface area contributed by atoms with Gasteiger partial charge < -0.3 is 15.5 Å². The number of carbonyl (C=O) groups excluding carboxylic acids is 1. The minimum atomic E-state index is -0.0184. The number of hydrogen-bond donors (Lipinski definition) is 2. The summed E-state index contributed by atoms with van der Waals surface area (Å²) in [7, 11) is 0. The zero-order chi connectivity index (χ0) is 18.6. The second kappa shape index (κ2) is 7.94. The maximum Gasteiger partial charge on any atom is 0.317 e. The van der Waals surface area contributed by atoms with Gasteiger partial charge >= 0.3 is 6.03 Å². The second-order valence-electron chi connectivity index (χ2n) is 6.09. The van der Waals surface area contributed by atoms with E-state index >= 15 is 0 Å². The lowest BCUT2D eigenvalue weighted by atomic mass is 10.1. The summed E-state index contributed by atoms with van der Waals surface area (Å²) in [6.45, 7) is 2.64. The van der Waals surface area contributed by atoms with Crippen LogP contribution in [0.5, 0.6) is 0 Å². The van der Waals surface area contributed by atoms with Gasteiger partial charge in [-0.2, -0.15) is 0 Å². The number of rotatable bonds is 6. The van der Waals surface area contributed by atoms with Gasteiger partial charge in [-0.25, -0.2) is 14.8 Å². The third-order valence-electron chi connectivity index (χ3n) is 4.31. The molecule has 0 spiro atoms. The molecule has 2 amide bonds. The van der Waals surface area contributed by atoms with Gasteiger partial charge in [0.2, 0.25) is 5.95 Å². The number of carbonyl (C=O) groups is 1. The number of benzene rings is 1. The minimum Gasteiger partial charge on any atom is -0.352 e. The Morgan fingerprint density at radius 3 is 2.81 bits per heavy atom. The van der Waals surface area contributed by atoms with Gasteiger partial charge in [-0.15, -0.1) is 11.3 Å². The summed E-state index contributed by atoms with van der Waals surface area (Å²) < 4.78 is 0. The summed E-state index contributed by atoms with van der Waals surface area (Å²) in [4.78, 5) is 23.6. The lowest BCUT2D eigenvalue weighted by molar-refractivity contribution is 0.219. The molecule has 4 rings (SSSR count). The second-order valence-corrected chi connectivity index (χ2v) is 7.47. The molecule has 3 aromatic rings. The zero-order valence-electron chi connectivity index (χ0n) is 14.5. The molecule has 8 heteroatoms. The Hall–Kier alpha value is -2.64. The van der Waals surface area contributed by atoms with Crippen LogP contribution in [-0.4, -0.2) is 47.1 Å².